The van der Waals surface area contributed by atoms with Gasteiger partial charge in [0.1, 0.15) is 11.7 Å². The molecule has 6 rings (SSSR count). The van der Waals surface area contributed by atoms with Crippen LogP contribution in [0.5, 0.6) is 0 Å². The molecule has 2 heterocycles. The Labute approximate surface area is 188 Å². The highest BCUT2D eigenvalue weighted by Crippen LogP contribution is 2.22. The molecule has 0 aliphatic carbocycles. The summed E-state index contributed by atoms with van der Waals surface area (Å²) in [6.45, 7) is 1.51. The standard InChI is InChI=1S/2C14H12N2/c2*1-2-6-11(7-3-1)14-15-10-12-8-4-5-9-13(12)16-14/h2*1-9H,10H2,(H,15,16). The highest BCUT2D eigenvalue weighted by atomic mass is 15.0. The van der Waals surface area contributed by atoms with E-state index in [2.05, 4.69) is 69.1 Å². The maximum Gasteiger partial charge on any atom is 0.133 e. The van der Waals surface area contributed by atoms with Crippen LogP contribution in [0, 0.1) is 0 Å². The fourth-order valence-electron chi connectivity index (χ4n) is 3.74. The quantitative estimate of drug-likeness (QED) is 0.414. The van der Waals surface area contributed by atoms with E-state index in [0.717, 1.165) is 47.3 Å². The second kappa shape index (κ2) is 9.31. The van der Waals surface area contributed by atoms with E-state index < -0.39 is 0 Å². The molecule has 0 unspecified atom stereocenters. The van der Waals surface area contributed by atoms with Gasteiger partial charge >= 0.3 is 0 Å². The first-order valence-electron chi connectivity index (χ1n) is 10.8. The molecule has 0 fully saturated rings. The lowest BCUT2D eigenvalue weighted by molar-refractivity contribution is 1.05. The van der Waals surface area contributed by atoms with Crippen LogP contribution in [0.25, 0.3) is 0 Å². The number of nitrogens with one attached hydrogen (secondary N) is 2. The molecule has 156 valence electrons. The maximum atomic E-state index is 4.55. The Morgan fingerprint density at radius 2 is 0.812 bits per heavy atom. The second-order valence-electron chi connectivity index (χ2n) is 7.63. The Balaban J connectivity index is 0.000000135. The fourth-order valence-corrected chi connectivity index (χ4v) is 3.74. The van der Waals surface area contributed by atoms with Crippen LogP contribution in [0.3, 0.4) is 0 Å². The summed E-state index contributed by atoms with van der Waals surface area (Å²) in [4.78, 5) is 9.09. The monoisotopic (exact) mass is 416 g/mol. The van der Waals surface area contributed by atoms with Gasteiger partial charge in [0.2, 0.25) is 0 Å². The van der Waals surface area contributed by atoms with E-state index in [9.17, 15) is 0 Å². The molecule has 0 radical (unpaired) electrons. The van der Waals surface area contributed by atoms with E-state index in [1.54, 1.807) is 0 Å². The first-order chi connectivity index (χ1) is 15.9. The summed E-state index contributed by atoms with van der Waals surface area (Å²) in [5, 5.41) is 6.73. The highest BCUT2D eigenvalue weighted by Gasteiger charge is 2.12. The van der Waals surface area contributed by atoms with Crippen LogP contribution in [-0.2, 0) is 13.1 Å². The van der Waals surface area contributed by atoms with Gasteiger partial charge in [-0.2, -0.15) is 0 Å². The largest absolute Gasteiger partial charge is 0.340 e. The molecule has 0 spiro atoms. The Bertz CT molecular complexity index is 1160. The molecule has 0 amide bonds. The Hall–Kier alpha value is -4.18. The van der Waals surface area contributed by atoms with Crippen molar-refractivity contribution in [1.82, 2.24) is 0 Å². The topological polar surface area (TPSA) is 48.8 Å². The van der Waals surface area contributed by atoms with Crippen molar-refractivity contribution >= 4 is 23.0 Å². The average Bonchev–Trinajstić information content (AvgIpc) is 2.89. The predicted molar refractivity (Wildman–Crippen MR) is 133 cm³/mol. The molecule has 0 saturated heterocycles. The van der Waals surface area contributed by atoms with Gasteiger partial charge in [-0.25, -0.2) is 0 Å². The van der Waals surface area contributed by atoms with E-state index in [1.165, 1.54) is 11.1 Å². The van der Waals surface area contributed by atoms with Crippen LogP contribution in [0.1, 0.15) is 22.3 Å². The van der Waals surface area contributed by atoms with Crippen molar-refractivity contribution in [2.75, 3.05) is 10.6 Å². The van der Waals surface area contributed by atoms with Crippen molar-refractivity contribution in [1.29, 1.82) is 0 Å². The van der Waals surface area contributed by atoms with E-state index in [4.69, 9.17) is 0 Å². The van der Waals surface area contributed by atoms with Gasteiger partial charge in [-0.05, 0) is 23.3 Å². The molecule has 32 heavy (non-hydrogen) atoms. The lowest BCUT2D eigenvalue weighted by Crippen LogP contribution is -2.18. The molecule has 0 bridgehead atoms. The van der Waals surface area contributed by atoms with Gasteiger partial charge in [0, 0.05) is 22.5 Å². The maximum absolute atomic E-state index is 4.55. The summed E-state index contributed by atoms with van der Waals surface area (Å²) in [6, 6.07) is 37.0. The summed E-state index contributed by atoms with van der Waals surface area (Å²) >= 11 is 0. The molecule has 2 N–H and O–H groups in total. The van der Waals surface area contributed by atoms with Gasteiger partial charge < -0.3 is 10.6 Å². The Morgan fingerprint density at radius 1 is 0.438 bits per heavy atom. The molecule has 2 aliphatic heterocycles. The second-order valence-corrected chi connectivity index (χ2v) is 7.63. The molecule has 4 heteroatoms. The summed E-state index contributed by atoms with van der Waals surface area (Å²) in [7, 11) is 0. The van der Waals surface area contributed by atoms with Crippen molar-refractivity contribution in [3.63, 3.8) is 0 Å². The minimum atomic E-state index is 0.757. The van der Waals surface area contributed by atoms with Crippen molar-refractivity contribution in [2.24, 2.45) is 9.98 Å². The highest BCUT2D eigenvalue weighted by molar-refractivity contribution is 6.10. The van der Waals surface area contributed by atoms with Crippen LogP contribution in [0.4, 0.5) is 11.4 Å². The van der Waals surface area contributed by atoms with Gasteiger partial charge in [-0.1, -0.05) is 97.1 Å². The smallest absolute Gasteiger partial charge is 0.133 e. The van der Waals surface area contributed by atoms with Gasteiger partial charge in [-0.15, -0.1) is 0 Å². The Kier molecular flexibility index (Phi) is 5.75. The van der Waals surface area contributed by atoms with E-state index in [0.29, 0.717) is 0 Å². The normalized spacial score (nSPS) is 13.6. The fraction of sp³-hybridized carbons (Fsp3) is 0.0714. The van der Waals surface area contributed by atoms with Crippen LogP contribution in [0.2, 0.25) is 0 Å². The number of nitrogens with zero attached hydrogens (tertiary/aromatic N) is 2. The molecule has 0 saturated carbocycles. The van der Waals surface area contributed by atoms with Crippen LogP contribution >= 0.6 is 0 Å². The third-order valence-corrected chi connectivity index (χ3v) is 5.45. The molecule has 0 atom stereocenters. The zero-order valence-corrected chi connectivity index (χ0v) is 17.7. The zero-order chi connectivity index (χ0) is 21.6. The van der Waals surface area contributed by atoms with E-state index in [-0.39, 0.29) is 0 Å². The number of rotatable bonds is 2. The van der Waals surface area contributed by atoms with Crippen LogP contribution in [0.15, 0.2) is 119 Å². The molecular weight excluding hydrogens is 392 g/mol. The molecule has 2 aliphatic rings. The van der Waals surface area contributed by atoms with Crippen molar-refractivity contribution in [2.45, 2.75) is 13.1 Å². The van der Waals surface area contributed by atoms with E-state index >= 15 is 0 Å². The average molecular weight is 417 g/mol. The number of amidine groups is 2. The minimum Gasteiger partial charge on any atom is -0.340 e. The lowest BCUT2D eigenvalue weighted by Gasteiger charge is -2.18. The molecular formula is C28H24N4. The first kappa shape index (κ1) is 19.8. The van der Waals surface area contributed by atoms with E-state index in [1.807, 2.05) is 60.7 Å². The summed E-state index contributed by atoms with van der Waals surface area (Å²) < 4.78 is 0. The number of aliphatic imine (C=N–C) groups is 2. The van der Waals surface area contributed by atoms with Gasteiger partial charge in [0.25, 0.3) is 0 Å². The number of anilines is 2. The lowest BCUT2D eigenvalue weighted by atomic mass is 10.1. The van der Waals surface area contributed by atoms with Crippen molar-refractivity contribution in [3.8, 4) is 0 Å². The van der Waals surface area contributed by atoms with Crippen LogP contribution < -0.4 is 10.6 Å². The van der Waals surface area contributed by atoms with Crippen molar-refractivity contribution < 1.29 is 0 Å². The minimum absolute atomic E-state index is 0.757. The summed E-state index contributed by atoms with van der Waals surface area (Å²) in [5.41, 5.74) is 7.10. The third kappa shape index (κ3) is 4.44. The molecule has 4 aromatic rings. The summed E-state index contributed by atoms with van der Waals surface area (Å²) in [5.74, 6) is 1.92. The third-order valence-electron chi connectivity index (χ3n) is 5.45. The predicted octanol–water partition coefficient (Wildman–Crippen LogP) is 6.12. The number of para-hydroxylation sites is 2. The van der Waals surface area contributed by atoms with Gasteiger partial charge in [0.15, 0.2) is 0 Å². The Morgan fingerprint density at radius 3 is 1.25 bits per heavy atom. The summed E-state index contributed by atoms with van der Waals surface area (Å²) in [6.07, 6.45) is 0. The van der Waals surface area contributed by atoms with Crippen molar-refractivity contribution in [3.05, 3.63) is 131 Å². The molecule has 4 nitrogen and oxygen atoms in total. The number of hydrogen-bond donors (Lipinski definition) is 2. The van der Waals surface area contributed by atoms with Gasteiger partial charge in [0.05, 0.1) is 13.1 Å². The first-order valence-corrected chi connectivity index (χ1v) is 10.8. The molecule has 0 aromatic heterocycles. The van der Waals surface area contributed by atoms with Crippen LogP contribution in [-0.4, -0.2) is 11.7 Å². The SMILES string of the molecule is c1ccc(C2=NCc3ccccc3N2)cc1.c1ccc(C2=NCc3ccccc3N2)cc1. The number of hydrogen-bond acceptors (Lipinski definition) is 4. The zero-order valence-electron chi connectivity index (χ0n) is 17.7. The molecule has 4 aromatic carbocycles. The number of benzene rings is 4. The van der Waals surface area contributed by atoms with Gasteiger partial charge in [-0.3, -0.25) is 9.98 Å². The number of fused-ring (bicyclic) bond motifs is 2.